The molecule has 74 valence electrons. The Bertz CT molecular complexity index is 468. The van der Waals surface area contributed by atoms with Gasteiger partial charge in [0.1, 0.15) is 6.29 Å². The highest BCUT2D eigenvalue weighted by Gasteiger charge is 1.99. The molecule has 2 heteroatoms. The minimum absolute atomic E-state index is 0.794. The summed E-state index contributed by atoms with van der Waals surface area (Å²) >= 11 is 1.68. The second-order valence-electron chi connectivity index (χ2n) is 3.06. The zero-order valence-electron chi connectivity index (χ0n) is 8.09. The normalized spacial score (nSPS) is 10.7. The van der Waals surface area contributed by atoms with E-state index in [0.29, 0.717) is 0 Å². The van der Waals surface area contributed by atoms with Gasteiger partial charge in [0, 0.05) is 9.75 Å². The molecular formula is C13H10OS. The molecule has 0 fully saturated rings. The van der Waals surface area contributed by atoms with Crippen molar-refractivity contribution >= 4 is 23.7 Å². The zero-order chi connectivity index (χ0) is 10.5. The molecule has 0 unspecified atom stereocenters. The lowest BCUT2D eigenvalue weighted by atomic mass is 10.2. The third kappa shape index (κ3) is 2.42. The van der Waals surface area contributed by atoms with Gasteiger partial charge in [0.25, 0.3) is 0 Å². The Morgan fingerprint density at radius 2 is 1.80 bits per heavy atom. The van der Waals surface area contributed by atoms with Crippen molar-refractivity contribution in [2.24, 2.45) is 0 Å². The van der Waals surface area contributed by atoms with Gasteiger partial charge >= 0.3 is 0 Å². The summed E-state index contributed by atoms with van der Waals surface area (Å²) in [4.78, 5) is 12.5. The summed E-state index contributed by atoms with van der Waals surface area (Å²) in [5, 5.41) is 0. The predicted octanol–water partition coefficient (Wildman–Crippen LogP) is 3.63. The van der Waals surface area contributed by atoms with Crippen LogP contribution in [0.4, 0.5) is 0 Å². The van der Waals surface area contributed by atoms with Crippen molar-refractivity contribution in [3.05, 3.63) is 53.4 Å². The van der Waals surface area contributed by atoms with Gasteiger partial charge in [-0.3, -0.25) is 4.79 Å². The summed E-state index contributed by atoms with van der Waals surface area (Å²) in [6.07, 6.45) is 4.13. The Morgan fingerprint density at radius 1 is 1.00 bits per heavy atom. The summed E-state index contributed by atoms with van der Waals surface area (Å²) < 4.78 is 0. The Hall–Kier alpha value is -1.67. The first-order valence-corrected chi connectivity index (χ1v) is 5.49. The van der Waals surface area contributed by atoms with Gasteiger partial charge in [0.15, 0.2) is 0 Å². The molecule has 0 bridgehead atoms. The number of rotatable bonds is 3. The standard InChI is InChI=1S/C13H10OS/c14-10-4-7-12-8-9-13(15-12)11-5-2-1-3-6-11/h1-10H/b7-4+. The maximum atomic E-state index is 10.2. The number of carbonyl (C=O) groups excluding carboxylic acids is 1. The van der Waals surface area contributed by atoms with E-state index in [1.54, 1.807) is 11.3 Å². The van der Waals surface area contributed by atoms with Gasteiger partial charge in [-0.1, -0.05) is 30.3 Å². The van der Waals surface area contributed by atoms with Gasteiger partial charge < -0.3 is 0 Å². The van der Waals surface area contributed by atoms with Crippen LogP contribution in [0.2, 0.25) is 0 Å². The number of carbonyl (C=O) groups is 1. The fourth-order valence-electron chi connectivity index (χ4n) is 1.33. The zero-order valence-corrected chi connectivity index (χ0v) is 8.91. The van der Waals surface area contributed by atoms with Crippen molar-refractivity contribution < 1.29 is 4.79 Å². The predicted molar refractivity (Wildman–Crippen MR) is 64.9 cm³/mol. The minimum Gasteiger partial charge on any atom is -0.299 e. The molecule has 2 rings (SSSR count). The summed E-state index contributed by atoms with van der Waals surface area (Å²) in [5.41, 5.74) is 1.22. The van der Waals surface area contributed by atoms with Crippen molar-refractivity contribution in [1.82, 2.24) is 0 Å². The van der Waals surface area contributed by atoms with Crippen LogP contribution in [0.1, 0.15) is 4.88 Å². The Kier molecular flexibility index (Phi) is 3.10. The highest BCUT2D eigenvalue weighted by Crippen LogP contribution is 2.28. The van der Waals surface area contributed by atoms with Gasteiger partial charge in [-0.05, 0) is 29.8 Å². The van der Waals surface area contributed by atoms with Crippen LogP contribution >= 0.6 is 11.3 Å². The second-order valence-corrected chi connectivity index (χ2v) is 4.18. The molecule has 0 saturated heterocycles. The number of hydrogen-bond donors (Lipinski definition) is 0. The first-order valence-electron chi connectivity index (χ1n) is 4.67. The number of hydrogen-bond acceptors (Lipinski definition) is 2. The van der Waals surface area contributed by atoms with Crippen LogP contribution in [-0.4, -0.2) is 6.29 Å². The Labute approximate surface area is 92.7 Å². The minimum atomic E-state index is 0.794. The molecule has 1 heterocycles. The first kappa shape index (κ1) is 9.87. The van der Waals surface area contributed by atoms with Crippen molar-refractivity contribution in [2.75, 3.05) is 0 Å². The van der Waals surface area contributed by atoms with Gasteiger partial charge in [0.05, 0.1) is 0 Å². The van der Waals surface area contributed by atoms with E-state index in [9.17, 15) is 4.79 Å². The third-order valence-corrected chi connectivity index (χ3v) is 3.12. The van der Waals surface area contributed by atoms with Crippen molar-refractivity contribution in [1.29, 1.82) is 0 Å². The number of benzene rings is 1. The van der Waals surface area contributed by atoms with E-state index in [0.717, 1.165) is 11.2 Å². The average Bonchev–Trinajstić information content (AvgIpc) is 2.76. The quantitative estimate of drug-likeness (QED) is 0.563. The molecule has 0 atom stereocenters. The largest absolute Gasteiger partial charge is 0.299 e. The number of allylic oxidation sites excluding steroid dienone is 1. The van der Waals surface area contributed by atoms with E-state index in [1.165, 1.54) is 16.5 Å². The molecule has 0 N–H and O–H groups in total. The molecule has 15 heavy (non-hydrogen) atoms. The van der Waals surface area contributed by atoms with E-state index in [-0.39, 0.29) is 0 Å². The molecule has 0 radical (unpaired) electrons. The third-order valence-electron chi connectivity index (χ3n) is 2.02. The summed E-state index contributed by atoms with van der Waals surface area (Å²) in [7, 11) is 0. The van der Waals surface area contributed by atoms with Crippen molar-refractivity contribution in [3.63, 3.8) is 0 Å². The average molecular weight is 214 g/mol. The van der Waals surface area contributed by atoms with Crippen LogP contribution in [-0.2, 0) is 4.79 Å². The molecule has 1 aromatic heterocycles. The van der Waals surface area contributed by atoms with E-state index >= 15 is 0 Å². The Morgan fingerprint density at radius 3 is 2.53 bits per heavy atom. The fourth-order valence-corrected chi connectivity index (χ4v) is 2.26. The number of aldehydes is 1. The van der Waals surface area contributed by atoms with E-state index in [1.807, 2.05) is 30.3 Å². The monoisotopic (exact) mass is 214 g/mol. The smallest absolute Gasteiger partial charge is 0.142 e. The molecular weight excluding hydrogens is 204 g/mol. The second kappa shape index (κ2) is 4.71. The van der Waals surface area contributed by atoms with Crippen LogP contribution in [0, 0.1) is 0 Å². The molecule has 2 aromatic rings. The van der Waals surface area contributed by atoms with E-state index in [4.69, 9.17) is 0 Å². The maximum Gasteiger partial charge on any atom is 0.142 e. The lowest BCUT2D eigenvalue weighted by molar-refractivity contribution is -0.104. The molecule has 1 aromatic carbocycles. The van der Waals surface area contributed by atoms with Gasteiger partial charge in [-0.25, -0.2) is 0 Å². The summed E-state index contributed by atoms with van der Waals surface area (Å²) in [5.74, 6) is 0. The molecule has 1 nitrogen and oxygen atoms in total. The van der Waals surface area contributed by atoms with Gasteiger partial charge in [0.2, 0.25) is 0 Å². The topological polar surface area (TPSA) is 17.1 Å². The molecule has 0 aliphatic carbocycles. The maximum absolute atomic E-state index is 10.2. The highest BCUT2D eigenvalue weighted by molar-refractivity contribution is 7.16. The van der Waals surface area contributed by atoms with E-state index in [2.05, 4.69) is 18.2 Å². The summed E-state index contributed by atoms with van der Waals surface area (Å²) in [6.45, 7) is 0. The van der Waals surface area contributed by atoms with Crippen LogP contribution in [0.25, 0.3) is 16.5 Å². The van der Waals surface area contributed by atoms with Crippen LogP contribution in [0.5, 0.6) is 0 Å². The molecule has 0 spiro atoms. The lowest BCUT2D eigenvalue weighted by Crippen LogP contribution is -1.67. The highest BCUT2D eigenvalue weighted by atomic mass is 32.1. The first-order chi connectivity index (χ1) is 7.40. The summed E-state index contributed by atoms with van der Waals surface area (Å²) in [6, 6.07) is 14.3. The lowest BCUT2D eigenvalue weighted by Gasteiger charge is -1.93. The van der Waals surface area contributed by atoms with Crippen LogP contribution in [0.3, 0.4) is 0 Å². The van der Waals surface area contributed by atoms with Crippen molar-refractivity contribution in [3.8, 4) is 10.4 Å². The van der Waals surface area contributed by atoms with Gasteiger partial charge in [-0.2, -0.15) is 0 Å². The van der Waals surface area contributed by atoms with Gasteiger partial charge in [-0.15, -0.1) is 11.3 Å². The van der Waals surface area contributed by atoms with Crippen molar-refractivity contribution in [2.45, 2.75) is 0 Å². The fraction of sp³-hybridized carbons (Fsp3) is 0. The van der Waals surface area contributed by atoms with E-state index < -0.39 is 0 Å². The van der Waals surface area contributed by atoms with Crippen LogP contribution in [0.15, 0.2) is 48.5 Å². The number of thiophene rings is 1. The molecule has 0 aliphatic rings. The Balaban J connectivity index is 2.28. The molecule has 0 amide bonds. The molecule has 0 aliphatic heterocycles. The van der Waals surface area contributed by atoms with Crippen LogP contribution < -0.4 is 0 Å². The SMILES string of the molecule is O=C/C=C/c1ccc(-c2ccccc2)s1. The molecule has 0 saturated carbocycles.